The van der Waals surface area contributed by atoms with Crippen molar-refractivity contribution in [2.75, 3.05) is 0 Å². The first-order valence-corrected chi connectivity index (χ1v) is 6.51. The molecule has 0 aromatic heterocycles. The maximum absolute atomic E-state index is 3.68. The summed E-state index contributed by atoms with van der Waals surface area (Å²) in [5, 5.41) is 0. The van der Waals surface area contributed by atoms with Gasteiger partial charge in [-0.2, -0.15) is 0 Å². The van der Waals surface area contributed by atoms with E-state index in [1.807, 2.05) is 0 Å². The molecule has 1 heteroatoms. The minimum absolute atomic E-state index is 0.327. The Morgan fingerprint density at radius 3 is 2.53 bits per heavy atom. The summed E-state index contributed by atoms with van der Waals surface area (Å²) in [6, 6.07) is 6.62. The quantitative estimate of drug-likeness (QED) is 0.700. The zero-order chi connectivity index (χ0) is 11.2. The van der Waals surface area contributed by atoms with Crippen molar-refractivity contribution in [1.82, 2.24) is 0 Å². The van der Waals surface area contributed by atoms with E-state index in [0.29, 0.717) is 5.41 Å². The molecule has 0 fully saturated rings. The van der Waals surface area contributed by atoms with Crippen LogP contribution >= 0.6 is 15.9 Å². The fourth-order valence-corrected chi connectivity index (χ4v) is 3.64. The van der Waals surface area contributed by atoms with Crippen LogP contribution in [0.5, 0.6) is 0 Å². The molecule has 1 aliphatic rings. The zero-order valence-electron chi connectivity index (χ0n) is 9.97. The van der Waals surface area contributed by atoms with Crippen molar-refractivity contribution < 1.29 is 0 Å². The predicted octanol–water partition coefficient (Wildman–Crippen LogP) is 4.56. The largest absolute Gasteiger partial charge is 0.0625 e. The normalized spacial score (nSPS) is 23.2. The Bertz CT molecular complexity index is 377. The van der Waals surface area contributed by atoms with E-state index in [-0.39, 0.29) is 0 Å². The standard InChI is InChI=1S/C14H19Br/c1-9(2)12-8-10-11(14(12,3)4)6-5-7-13(10)15/h5-7,9,12H,8H2,1-4H3/t12-/m1/s1. The Kier molecular flexibility index (Phi) is 2.70. The Balaban J connectivity index is 2.52. The van der Waals surface area contributed by atoms with Crippen LogP contribution in [0, 0.1) is 11.8 Å². The van der Waals surface area contributed by atoms with Gasteiger partial charge >= 0.3 is 0 Å². The lowest BCUT2D eigenvalue weighted by molar-refractivity contribution is 0.265. The predicted molar refractivity (Wildman–Crippen MR) is 69.2 cm³/mol. The first-order valence-electron chi connectivity index (χ1n) is 5.72. The van der Waals surface area contributed by atoms with E-state index in [4.69, 9.17) is 0 Å². The van der Waals surface area contributed by atoms with Gasteiger partial charge in [-0.1, -0.05) is 55.8 Å². The van der Waals surface area contributed by atoms with Crippen LogP contribution in [0.4, 0.5) is 0 Å². The molecule has 0 heterocycles. The molecule has 0 spiro atoms. The highest BCUT2D eigenvalue weighted by molar-refractivity contribution is 9.10. The van der Waals surface area contributed by atoms with E-state index in [2.05, 4.69) is 61.8 Å². The fourth-order valence-electron chi connectivity index (χ4n) is 3.11. The van der Waals surface area contributed by atoms with Crippen LogP contribution in [0.1, 0.15) is 38.8 Å². The van der Waals surface area contributed by atoms with Crippen LogP contribution in [0.2, 0.25) is 0 Å². The van der Waals surface area contributed by atoms with Gasteiger partial charge < -0.3 is 0 Å². The van der Waals surface area contributed by atoms with Crippen molar-refractivity contribution in [3.8, 4) is 0 Å². The van der Waals surface area contributed by atoms with Crippen molar-refractivity contribution in [3.63, 3.8) is 0 Å². The molecular formula is C14H19Br. The van der Waals surface area contributed by atoms with Crippen molar-refractivity contribution in [2.24, 2.45) is 11.8 Å². The number of halogens is 1. The average molecular weight is 267 g/mol. The molecule has 2 rings (SSSR count). The molecule has 1 aromatic carbocycles. The van der Waals surface area contributed by atoms with E-state index in [1.54, 1.807) is 0 Å². The van der Waals surface area contributed by atoms with Gasteiger partial charge in [-0.05, 0) is 40.9 Å². The summed E-state index contributed by atoms with van der Waals surface area (Å²) in [6.45, 7) is 9.45. The fraction of sp³-hybridized carbons (Fsp3) is 0.571. The highest BCUT2D eigenvalue weighted by Crippen LogP contribution is 2.48. The molecule has 0 aliphatic heterocycles. The van der Waals surface area contributed by atoms with E-state index in [9.17, 15) is 0 Å². The van der Waals surface area contributed by atoms with Crippen molar-refractivity contribution in [1.29, 1.82) is 0 Å². The molecule has 0 bridgehead atoms. The lowest BCUT2D eigenvalue weighted by Crippen LogP contribution is -2.28. The topological polar surface area (TPSA) is 0 Å². The zero-order valence-corrected chi connectivity index (χ0v) is 11.6. The molecule has 0 saturated heterocycles. The van der Waals surface area contributed by atoms with E-state index in [1.165, 1.54) is 22.0 Å². The third kappa shape index (κ3) is 1.65. The first-order chi connectivity index (χ1) is 6.94. The Morgan fingerprint density at radius 1 is 1.33 bits per heavy atom. The van der Waals surface area contributed by atoms with E-state index < -0.39 is 0 Å². The molecule has 0 amide bonds. The number of fused-ring (bicyclic) bond motifs is 1. The molecule has 1 atom stereocenters. The molecule has 1 aromatic rings. The van der Waals surface area contributed by atoms with Gasteiger partial charge in [0.25, 0.3) is 0 Å². The average Bonchev–Trinajstić information content (AvgIpc) is 2.40. The van der Waals surface area contributed by atoms with Crippen molar-refractivity contribution >= 4 is 15.9 Å². The SMILES string of the molecule is CC(C)[C@H]1Cc2c(Br)cccc2C1(C)C. The summed E-state index contributed by atoms with van der Waals surface area (Å²) in [4.78, 5) is 0. The molecule has 0 N–H and O–H groups in total. The second-order valence-electron chi connectivity index (χ2n) is 5.54. The molecule has 0 nitrogen and oxygen atoms in total. The molecule has 1 aliphatic carbocycles. The van der Waals surface area contributed by atoms with Gasteiger partial charge in [-0.25, -0.2) is 0 Å². The first kappa shape index (κ1) is 11.2. The second kappa shape index (κ2) is 3.62. The van der Waals surface area contributed by atoms with Crippen LogP contribution in [-0.2, 0) is 11.8 Å². The minimum atomic E-state index is 0.327. The molecular weight excluding hydrogens is 248 g/mol. The minimum Gasteiger partial charge on any atom is -0.0625 e. The second-order valence-corrected chi connectivity index (χ2v) is 6.40. The van der Waals surface area contributed by atoms with Crippen LogP contribution in [0.3, 0.4) is 0 Å². The van der Waals surface area contributed by atoms with E-state index >= 15 is 0 Å². The highest BCUT2D eigenvalue weighted by atomic mass is 79.9. The van der Waals surface area contributed by atoms with Gasteiger partial charge in [0, 0.05) is 4.47 Å². The lowest BCUT2D eigenvalue weighted by Gasteiger charge is -2.31. The Labute approximate surface area is 101 Å². The van der Waals surface area contributed by atoms with Crippen molar-refractivity contribution in [2.45, 2.75) is 39.5 Å². The Morgan fingerprint density at radius 2 is 2.00 bits per heavy atom. The van der Waals surface area contributed by atoms with Crippen LogP contribution in [0.15, 0.2) is 22.7 Å². The van der Waals surface area contributed by atoms with Gasteiger partial charge in [0.05, 0.1) is 0 Å². The monoisotopic (exact) mass is 266 g/mol. The molecule has 0 unspecified atom stereocenters. The summed E-state index contributed by atoms with van der Waals surface area (Å²) in [5.41, 5.74) is 3.39. The van der Waals surface area contributed by atoms with Crippen LogP contribution in [-0.4, -0.2) is 0 Å². The van der Waals surface area contributed by atoms with Gasteiger partial charge in [0.1, 0.15) is 0 Å². The van der Waals surface area contributed by atoms with Gasteiger partial charge in [-0.3, -0.25) is 0 Å². The van der Waals surface area contributed by atoms with Gasteiger partial charge in [0.2, 0.25) is 0 Å². The molecule has 15 heavy (non-hydrogen) atoms. The van der Waals surface area contributed by atoms with Crippen LogP contribution < -0.4 is 0 Å². The third-order valence-electron chi connectivity index (χ3n) is 3.97. The van der Waals surface area contributed by atoms with E-state index in [0.717, 1.165) is 11.8 Å². The molecule has 0 radical (unpaired) electrons. The highest BCUT2D eigenvalue weighted by Gasteiger charge is 2.41. The summed E-state index contributed by atoms with van der Waals surface area (Å²) >= 11 is 3.68. The smallest absolute Gasteiger partial charge is 0.0210 e. The number of hydrogen-bond donors (Lipinski definition) is 0. The number of rotatable bonds is 1. The number of benzene rings is 1. The maximum Gasteiger partial charge on any atom is 0.0210 e. The molecule has 0 saturated carbocycles. The summed E-state index contributed by atoms with van der Waals surface area (Å²) in [5.74, 6) is 1.52. The lowest BCUT2D eigenvalue weighted by atomic mass is 9.73. The summed E-state index contributed by atoms with van der Waals surface area (Å²) in [6.07, 6.45) is 1.22. The van der Waals surface area contributed by atoms with Crippen LogP contribution in [0.25, 0.3) is 0 Å². The number of hydrogen-bond acceptors (Lipinski definition) is 0. The summed E-state index contributed by atoms with van der Waals surface area (Å²) in [7, 11) is 0. The summed E-state index contributed by atoms with van der Waals surface area (Å²) < 4.78 is 1.29. The Hall–Kier alpha value is -0.300. The van der Waals surface area contributed by atoms with Gasteiger partial charge in [-0.15, -0.1) is 0 Å². The molecule has 82 valence electrons. The third-order valence-corrected chi connectivity index (χ3v) is 4.71. The van der Waals surface area contributed by atoms with Crippen molar-refractivity contribution in [3.05, 3.63) is 33.8 Å². The van der Waals surface area contributed by atoms with Gasteiger partial charge in [0.15, 0.2) is 0 Å². The maximum atomic E-state index is 3.68.